The summed E-state index contributed by atoms with van der Waals surface area (Å²) in [6.07, 6.45) is 11.4. The molecule has 0 radical (unpaired) electrons. The minimum atomic E-state index is 0.773. The van der Waals surface area contributed by atoms with Gasteiger partial charge in [0.2, 0.25) is 0 Å². The predicted molar refractivity (Wildman–Crippen MR) is 128 cm³/mol. The topological polar surface area (TPSA) is 67.4 Å². The molecule has 5 aromatic heterocycles. The first kappa shape index (κ1) is 19.6. The van der Waals surface area contributed by atoms with Crippen LogP contribution in [0.25, 0.3) is 33.8 Å². The fourth-order valence-corrected chi connectivity index (χ4v) is 4.28. The highest BCUT2D eigenvalue weighted by atomic mass is 15.3. The van der Waals surface area contributed by atoms with Gasteiger partial charge in [0.05, 0.1) is 11.9 Å². The molecule has 1 aliphatic heterocycles. The number of fused-ring (bicyclic) bond motifs is 1. The van der Waals surface area contributed by atoms with Gasteiger partial charge in [-0.1, -0.05) is 0 Å². The Hall–Kier alpha value is -4.04. The summed E-state index contributed by atoms with van der Waals surface area (Å²) in [6.45, 7) is 4.11. The Balaban J connectivity index is 1.37. The van der Waals surface area contributed by atoms with Crippen molar-refractivity contribution in [1.29, 1.82) is 0 Å². The molecule has 0 bridgehead atoms. The third-order valence-electron chi connectivity index (χ3n) is 6.19. The molecular formula is C25H24N8. The fourth-order valence-electron chi connectivity index (χ4n) is 4.28. The molecule has 6 rings (SSSR count). The van der Waals surface area contributed by atoms with Gasteiger partial charge in [-0.05, 0) is 60.6 Å². The van der Waals surface area contributed by atoms with Crippen molar-refractivity contribution in [3.05, 3.63) is 79.6 Å². The van der Waals surface area contributed by atoms with Crippen LogP contribution in [0, 0.1) is 0 Å². The van der Waals surface area contributed by atoms with Crippen LogP contribution in [0.4, 0.5) is 5.82 Å². The minimum absolute atomic E-state index is 0.773. The molecule has 0 atom stereocenters. The van der Waals surface area contributed by atoms with Crippen LogP contribution in [0.2, 0.25) is 0 Å². The number of nitrogens with zero attached hydrogens (tertiary/aromatic N) is 8. The summed E-state index contributed by atoms with van der Waals surface area (Å²) in [5, 5.41) is 4.30. The molecule has 0 N–H and O–H groups in total. The lowest BCUT2D eigenvalue weighted by atomic mass is 10.1. The van der Waals surface area contributed by atoms with E-state index >= 15 is 0 Å². The molecule has 6 heterocycles. The lowest BCUT2D eigenvalue weighted by molar-refractivity contribution is 0.312. The highest BCUT2D eigenvalue weighted by molar-refractivity contribution is 5.71. The number of piperazine rings is 1. The Morgan fingerprint density at radius 1 is 0.758 bits per heavy atom. The highest BCUT2D eigenvalue weighted by Crippen LogP contribution is 2.27. The number of anilines is 1. The largest absolute Gasteiger partial charge is 0.354 e. The Labute approximate surface area is 191 Å². The average molecular weight is 437 g/mol. The van der Waals surface area contributed by atoms with E-state index in [2.05, 4.69) is 71.8 Å². The normalized spacial score (nSPS) is 14.8. The van der Waals surface area contributed by atoms with E-state index in [1.54, 1.807) is 17.1 Å². The summed E-state index contributed by atoms with van der Waals surface area (Å²) in [4.78, 5) is 18.4. The fraction of sp³-hybridized carbons (Fsp3) is 0.200. The minimum Gasteiger partial charge on any atom is -0.354 e. The number of aromatic nitrogens is 6. The van der Waals surface area contributed by atoms with Crippen molar-refractivity contribution in [2.75, 3.05) is 38.1 Å². The molecule has 164 valence electrons. The van der Waals surface area contributed by atoms with Gasteiger partial charge in [-0.3, -0.25) is 4.40 Å². The van der Waals surface area contributed by atoms with Crippen molar-refractivity contribution in [3.8, 4) is 28.2 Å². The first-order valence-electron chi connectivity index (χ1n) is 11.1. The zero-order valence-electron chi connectivity index (χ0n) is 18.4. The van der Waals surface area contributed by atoms with Crippen molar-refractivity contribution in [1.82, 2.24) is 34.0 Å². The number of pyridine rings is 3. The van der Waals surface area contributed by atoms with E-state index < -0.39 is 0 Å². The second-order valence-corrected chi connectivity index (χ2v) is 8.34. The quantitative estimate of drug-likeness (QED) is 0.430. The maximum absolute atomic E-state index is 4.64. The van der Waals surface area contributed by atoms with E-state index in [1.165, 1.54) is 0 Å². The van der Waals surface area contributed by atoms with Crippen molar-refractivity contribution < 1.29 is 0 Å². The number of hydrogen-bond acceptors (Lipinski definition) is 6. The molecule has 8 nitrogen and oxygen atoms in total. The summed E-state index contributed by atoms with van der Waals surface area (Å²) in [7, 11) is 2.17. The summed E-state index contributed by atoms with van der Waals surface area (Å²) < 4.78 is 3.89. The lowest BCUT2D eigenvalue weighted by Crippen LogP contribution is -2.44. The van der Waals surface area contributed by atoms with Crippen molar-refractivity contribution in [2.45, 2.75) is 0 Å². The van der Waals surface area contributed by atoms with E-state index in [-0.39, 0.29) is 0 Å². The Bertz CT molecular complexity index is 1400. The van der Waals surface area contributed by atoms with Gasteiger partial charge in [-0.2, -0.15) is 5.10 Å². The van der Waals surface area contributed by atoms with Gasteiger partial charge in [0.15, 0.2) is 5.82 Å². The second-order valence-electron chi connectivity index (χ2n) is 8.34. The van der Waals surface area contributed by atoms with E-state index in [1.807, 2.05) is 36.8 Å². The van der Waals surface area contributed by atoms with Crippen LogP contribution in [-0.2, 0) is 0 Å². The zero-order valence-corrected chi connectivity index (χ0v) is 18.4. The zero-order chi connectivity index (χ0) is 22.2. The van der Waals surface area contributed by atoms with Crippen LogP contribution in [0.5, 0.6) is 0 Å². The van der Waals surface area contributed by atoms with Gasteiger partial charge in [-0.15, -0.1) is 0 Å². The van der Waals surface area contributed by atoms with E-state index in [9.17, 15) is 0 Å². The van der Waals surface area contributed by atoms with Crippen LogP contribution in [0.1, 0.15) is 0 Å². The Morgan fingerprint density at radius 3 is 2.36 bits per heavy atom. The maximum atomic E-state index is 4.64. The molecule has 1 saturated heterocycles. The van der Waals surface area contributed by atoms with Crippen LogP contribution in [0.3, 0.4) is 0 Å². The molecule has 33 heavy (non-hydrogen) atoms. The average Bonchev–Trinajstić information content (AvgIpc) is 3.55. The number of imidazole rings is 1. The van der Waals surface area contributed by atoms with E-state index in [4.69, 9.17) is 0 Å². The summed E-state index contributed by atoms with van der Waals surface area (Å²) >= 11 is 0. The molecule has 5 aromatic rings. The van der Waals surface area contributed by atoms with Crippen LogP contribution in [-0.4, -0.2) is 67.3 Å². The third kappa shape index (κ3) is 3.74. The first-order valence-corrected chi connectivity index (χ1v) is 11.1. The smallest absolute Gasteiger partial charge is 0.153 e. The SMILES string of the molecule is CN1CCN(c2cc(-c3ccc4ncc(-c5ccnc(-n6cccn6)c5)n4c3)ccn2)CC1. The van der Waals surface area contributed by atoms with Crippen LogP contribution < -0.4 is 4.90 Å². The number of likely N-dealkylation sites (N-methyl/N-ethyl adjacent to an activating group) is 1. The summed E-state index contributed by atoms with van der Waals surface area (Å²) in [5.41, 5.74) is 5.22. The molecule has 0 aliphatic carbocycles. The van der Waals surface area contributed by atoms with Gasteiger partial charge < -0.3 is 9.80 Å². The molecule has 1 aliphatic rings. The van der Waals surface area contributed by atoms with Crippen molar-refractivity contribution in [2.24, 2.45) is 0 Å². The standard InChI is InChI=1S/C25H24N8/c1-30-11-13-31(14-12-30)24-15-19(5-8-26-24)21-3-4-23-28-17-22(32(23)18-21)20-6-9-27-25(16-20)33-10-2-7-29-33/h2-10,15-18H,11-14H2,1H3. The summed E-state index contributed by atoms with van der Waals surface area (Å²) in [5.74, 6) is 1.80. The molecule has 0 unspecified atom stereocenters. The molecule has 8 heteroatoms. The molecule has 1 fully saturated rings. The summed E-state index contributed by atoms with van der Waals surface area (Å²) in [6, 6.07) is 14.4. The molecular weight excluding hydrogens is 412 g/mol. The molecule has 0 aromatic carbocycles. The maximum Gasteiger partial charge on any atom is 0.153 e. The number of hydrogen-bond donors (Lipinski definition) is 0. The highest BCUT2D eigenvalue weighted by Gasteiger charge is 2.16. The van der Waals surface area contributed by atoms with Gasteiger partial charge in [0.25, 0.3) is 0 Å². The number of rotatable bonds is 4. The predicted octanol–water partition coefficient (Wildman–Crippen LogP) is 3.40. The van der Waals surface area contributed by atoms with E-state index in [0.29, 0.717) is 0 Å². The monoisotopic (exact) mass is 436 g/mol. The third-order valence-corrected chi connectivity index (χ3v) is 6.19. The molecule has 0 spiro atoms. The van der Waals surface area contributed by atoms with E-state index in [0.717, 1.165) is 65.8 Å². The lowest BCUT2D eigenvalue weighted by Gasteiger charge is -2.33. The molecule has 0 amide bonds. The van der Waals surface area contributed by atoms with Crippen LogP contribution in [0.15, 0.2) is 79.6 Å². The Morgan fingerprint density at radius 2 is 1.55 bits per heavy atom. The van der Waals surface area contributed by atoms with Crippen molar-refractivity contribution >= 4 is 11.5 Å². The van der Waals surface area contributed by atoms with Gasteiger partial charge in [-0.25, -0.2) is 19.6 Å². The van der Waals surface area contributed by atoms with Gasteiger partial charge in [0, 0.05) is 62.7 Å². The van der Waals surface area contributed by atoms with Crippen molar-refractivity contribution in [3.63, 3.8) is 0 Å². The van der Waals surface area contributed by atoms with Gasteiger partial charge in [0.1, 0.15) is 11.5 Å². The Kier molecular flexibility index (Phi) is 4.84. The van der Waals surface area contributed by atoms with Crippen LogP contribution >= 0.6 is 0 Å². The second kappa shape index (κ2) is 8.14. The molecule has 0 saturated carbocycles. The first-order chi connectivity index (χ1) is 16.2. The van der Waals surface area contributed by atoms with Gasteiger partial charge >= 0.3 is 0 Å².